The lowest BCUT2D eigenvalue weighted by Crippen LogP contribution is -2.26. The molecule has 0 atom stereocenters. The van der Waals surface area contributed by atoms with Crippen molar-refractivity contribution in [2.75, 3.05) is 5.75 Å². The number of carbonyl (C=O) groups excluding carboxylic acids is 1. The molecule has 2 aromatic carbocycles. The molecule has 136 valence electrons. The number of aromatic nitrogens is 2. The van der Waals surface area contributed by atoms with E-state index < -0.39 is 11.8 Å². The van der Waals surface area contributed by atoms with Crippen LogP contribution in [0.2, 0.25) is 0 Å². The van der Waals surface area contributed by atoms with Crippen molar-refractivity contribution in [2.45, 2.75) is 18.0 Å². The zero-order valence-electron chi connectivity index (χ0n) is 14.1. The SMILES string of the molecule is N#CCn1c(COC(=O)CSc2ccccc2F)nc2ccccc2c1=O. The molecule has 0 spiro atoms. The molecule has 0 fully saturated rings. The number of fused-ring (bicyclic) bond motifs is 1. The quantitative estimate of drug-likeness (QED) is 0.481. The molecule has 0 amide bonds. The summed E-state index contributed by atoms with van der Waals surface area (Å²) in [6, 6.07) is 14.8. The van der Waals surface area contributed by atoms with Gasteiger partial charge in [-0.25, -0.2) is 9.37 Å². The fraction of sp³-hybridized carbons (Fsp3) is 0.158. The lowest BCUT2D eigenvalue weighted by Gasteiger charge is -2.11. The van der Waals surface area contributed by atoms with Gasteiger partial charge in [-0.1, -0.05) is 24.3 Å². The van der Waals surface area contributed by atoms with E-state index in [1.54, 1.807) is 42.5 Å². The molecule has 3 rings (SSSR count). The number of nitriles is 1. The molecule has 3 aromatic rings. The monoisotopic (exact) mass is 383 g/mol. The molecule has 0 radical (unpaired) electrons. The Labute approximate surface area is 158 Å². The van der Waals surface area contributed by atoms with Crippen LogP contribution in [0.5, 0.6) is 0 Å². The van der Waals surface area contributed by atoms with E-state index in [1.807, 2.05) is 6.07 Å². The van der Waals surface area contributed by atoms with Crippen molar-refractivity contribution >= 4 is 28.6 Å². The normalized spacial score (nSPS) is 10.5. The van der Waals surface area contributed by atoms with Gasteiger partial charge in [0.25, 0.3) is 5.56 Å². The molecule has 8 heteroatoms. The van der Waals surface area contributed by atoms with Gasteiger partial charge in [0.05, 0.1) is 22.7 Å². The van der Waals surface area contributed by atoms with Crippen molar-refractivity contribution in [2.24, 2.45) is 0 Å². The van der Waals surface area contributed by atoms with E-state index in [9.17, 15) is 14.0 Å². The fourth-order valence-electron chi connectivity index (χ4n) is 2.44. The van der Waals surface area contributed by atoms with Crippen molar-refractivity contribution in [3.8, 4) is 6.07 Å². The van der Waals surface area contributed by atoms with Crippen molar-refractivity contribution in [3.63, 3.8) is 0 Å². The molecule has 6 nitrogen and oxygen atoms in total. The lowest BCUT2D eigenvalue weighted by molar-refractivity contribution is -0.142. The second-order valence-electron chi connectivity index (χ2n) is 5.47. The van der Waals surface area contributed by atoms with Gasteiger partial charge < -0.3 is 4.74 Å². The summed E-state index contributed by atoms with van der Waals surface area (Å²) in [6.45, 7) is -0.452. The number of hydrogen-bond acceptors (Lipinski definition) is 6. The van der Waals surface area contributed by atoms with Crippen molar-refractivity contribution < 1.29 is 13.9 Å². The van der Waals surface area contributed by atoms with Crippen LogP contribution in [0.25, 0.3) is 10.9 Å². The fourth-order valence-corrected chi connectivity index (χ4v) is 3.18. The van der Waals surface area contributed by atoms with Crippen molar-refractivity contribution in [1.29, 1.82) is 5.26 Å². The van der Waals surface area contributed by atoms with Gasteiger partial charge >= 0.3 is 5.97 Å². The molecule has 0 saturated heterocycles. The van der Waals surface area contributed by atoms with Gasteiger partial charge in [-0.3, -0.25) is 14.2 Å². The number of benzene rings is 2. The summed E-state index contributed by atoms with van der Waals surface area (Å²) in [5, 5.41) is 9.36. The van der Waals surface area contributed by atoms with Gasteiger partial charge in [-0.15, -0.1) is 11.8 Å². The summed E-state index contributed by atoms with van der Waals surface area (Å²) in [7, 11) is 0. The third kappa shape index (κ3) is 4.33. The molecule has 0 N–H and O–H groups in total. The van der Waals surface area contributed by atoms with Crippen LogP contribution >= 0.6 is 11.8 Å². The highest BCUT2D eigenvalue weighted by Crippen LogP contribution is 2.21. The summed E-state index contributed by atoms with van der Waals surface area (Å²) in [5.74, 6) is -0.884. The summed E-state index contributed by atoms with van der Waals surface area (Å²) < 4.78 is 19.9. The smallest absolute Gasteiger partial charge is 0.316 e. The third-order valence-electron chi connectivity index (χ3n) is 3.71. The molecule has 0 aliphatic heterocycles. The van der Waals surface area contributed by atoms with Crippen LogP contribution in [-0.2, 0) is 22.7 Å². The second kappa shape index (κ2) is 8.47. The van der Waals surface area contributed by atoms with Gasteiger partial charge in [0.1, 0.15) is 19.0 Å². The topological polar surface area (TPSA) is 85.0 Å². The van der Waals surface area contributed by atoms with E-state index >= 15 is 0 Å². The molecular weight excluding hydrogens is 369 g/mol. The number of carbonyl (C=O) groups is 1. The lowest BCUT2D eigenvalue weighted by atomic mass is 10.2. The van der Waals surface area contributed by atoms with Crippen molar-refractivity contribution in [1.82, 2.24) is 9.55 Å². The molecule has 0 aliphatic rings. The third-order valence-corrected chi connectivity index (χ3v) is 4.74. The Morgan fingerprint density at radius 2 is 1.96 bits per heavy atom. The van der Waals surface area contributed by atoms with E-state index in [2.05, 4.69) is 4.98 Å². The van der Waals surface area contributed by atoms with Gasteiger partial charge in [0.2, 0.25) is 0 Å². The zero-order chi connectivity index (χ0) is 19.2. The van der Waals surface area contributed by atoms with Crippen LogP contribution in [0.1, 0.15) is 5.82 Å². The molecule has 0 unspecified atom stereocenters. The Morgan fingerprint density at radius 1 is 1.22 bits per heavy atom. The summed E-state index contributed by atoms with van der Waals surface area (Å²) in [6.07, 6.45) is 0. The maximum absolute atomic E-state index is 13.6. The molecule has 0 saturated carbocycles. The minimum absolute atomic E-state index is 0.0863. The number of ether oxygens (including phenoxy) is 1. The zero-order valence-corrected chi connectivity index (χ0v) is 14.9. The van der Waals surface area contributed by atoms with Crippen molar-refractivity contribution in [3.05, 3.63) is 70.5 Å². The number of thioether (sulfide) groups is 1. The van der Waals surface area contributed by atoms with Gasteiger partial charge in [-0.2, -0.15) is 5.26 Å². The van der Waals surface area contributed by atoms with Crippen LogP contribution in [-0.4, -0.2) is 21.3 Å². The predicted molar refractivity (Wildman–Crippen MR) is 98.5 cm³/mol. The van der Waals surface area contributed by atoms with Crippen LogP contribution < -0.4 is 5.56 Å². The van der Waals surface area contributed by atoms with Gasteiger partial charge in [0, 0.05) is 4.90 Å². The van der Waals surface area contributed by atoms with Gasteiger partial charge in [0.15, 0.2) is 5.82 Å². The van der Waals surface area contributed by atoms with Gasteiger partial charge in [-0.05, 0) is 24.3 Å². The summed E-state index contributed by atoms with van der Waals surface area (Å²) in [4.78, 5) is 29.2. The first-order valence-electron chi connectivity index (χ1n) is 7.98. The highest BCUT2D eigenvalue weighted by atomic mass is 32.2. The maximum atomic E-state index is 13.6. The molecule has 0 aliphatic carbocycles. The average Bonchev–Trinajstić information content (AvgIpc) is 2.68. The van der Waals surface area contributed by atoms with E-state index in [1.165, 1.54) is 10.6 Å². The Hall–Kier alpha value is -3.18. The minimum atomic E-state index is -0.575. The largest absolute Gasteiger partial charge is 0.457 e. The maximum Gasteiger partial charge on any atom is 0.316 e. The Kier molecular flexibility index (Phi) is 5.84. The van der Waals surface area contributed by atoms with Crippen LogP contribution in [0.15, 0.2) is 58.2 Å². The van der Waals surface area contributed by atoms with E-state index in [4.69, 9.17) is 10.00 Å². The number of rotatable bonds is 6. The molecule has 0 bridgehead atoms. The number of halogens is 1. The van der Waals surface area contributed by atoms with E-state index in [0.717, 1.165) is 11.8 Å². The first-order valence-corrected chi connectivity index (χ1v) is 8.97. The number of para-hydroxylation sites is 1. The highest BCUT2D eigenvalue weighted by molar-refractivity contribution is 8.00. The molecular formula is C19H14FN3O3S. The number of nitrogens with zero attached hydrogens (tertiary/aromatic N) is 3. The molecule has 1 heterocycles. The first-order chi connectivity index (χ1) is 13.1. The van der Waals surface area contributed by atoms with E-state index in [0.29, 0.717) is 15.8 Å². The Morgan fingerprint density at radius 3 is 2.74 bits per heavy atom. The minimum Gasteiger partial charge on any atom is -0.457 e. The van der Waals surface area contributed by atoms with E-state index in [-0.39, 0.29) is 30.3 Å². The standard InChI is InChI=1S/C19H14FN3O3S/c20-14-6-2-4-8-16(14)27-12-18(24)26-11-17-22-15-7-3-1-5-13(15)19(25)23(17)10-9-21/h1-8H,10-12H2. The first kappa shape index (κ1) is 18.6. The predicted octanol–water partition coefficient (Wildman–Crippen LogP) is 2.89. The summed E-state index contributed by atoms with van der Waals surface area (Å²) in [5.41, 5.74) is 0.0948. The van der Waals surface area contributed by atoms with Crippen LogP contribution in [0.4, 0.5) is 4.39 Å². The highest BCUT2D eigenvalue weighted by Gasteiger charge is 2.13. The van der Waals surface area contributed by atoms with Crippen LogP contribution in [0, 0.1) is 17.1 Å². The number of hydrogen-bond donors (Lipinski definition) is 0. The Bertz CT molecular complexity index is 1090. The molecule has 27 heavy (non-hydrogen) atoms. The Balaban J connectivity index is 1.73. The molecule has 1 aromatic heterocycles. The number of esters is 1. The second-order valence-corrected chi connectivity index (χ2v) is 6.49. The summed E-state index contributed by atoms with van der Waals surface area (Å²) >= 11 is 1.02. The van der Waals surface area contributed by atoms with Crippen LogP contribution in [0.3, 0.4) is 0 Å². The average molecular weight is 383 g/mol.